The molecule has 0 unspecified atom stereocenters. The maximum atomic E-state index is 12.0. The first-order chi connectivity index (χ1) is 13.3. The van der Waals surface area contributed by atoms with E-state index in [2.05, 4.69) is 9.97 Å². The standard InChI is InChI=1S/C15H14N4O9/c1-4(20)25-9-7-8(10(14(23)28-7)26-5(2)21)27-13(9)19-3-16-6-11(19)17-15(24)18-12(6)22/h3,7-10,13H,1-2H3,(H2,17,18,22,24)/t7-,8+,9+,10-,13-/m0/s1. The van der Waals surface area contributed by atoms with E-state index in [1.54, 1.807) is 0 Å². The normalized spacial score (nSPS) is 28.8. The molecule has 0 radical (unpaired) electrons. The topological polar surface area (TPSA) is 172 Å². The minimum atomic E-state index is -1.34. The molecule has 2 saturated heterocycles. The maximum Gasteiger partial charge on any atom is 0.350 e. The van der Waals surface area contributed by atoms with Crippen molar-refractivity contribution in [3.05, 3.63) is 27.2 Å². The van der Waals surface area contributed by atoms with Crippen LogP contribution in [-0.2, 0) is 33.3 Å². The molecular weight excluding hydrogens is 380 g/mol. The molecule has 0 bridgehead atoms. The fourth-order valence-corrected chi connectivity index (χ4v) is 3.36. The summed E-state index contributed by atoms with van der Waals surface area (Å²) in [6.07, 6.45) is -4.49. The van der Waals surface area contributed by atoms with Crippen LogP contribution in [0.1, 0.15) is 20.1 Å². The van der Waals surface area contributed by atoms with Crippen LogP contribution in [0.5, 0.6) is 0 Å². The Morgan fingerprint density at radius 2 is 1.82 bits per heavy atom. The van der Waals surface area contributed by atoms with Gasteiger partial charge in [0.1, 0.15) is 11.8 Å². The molecule has 4 heterocycles. The fraction of sp³-hybridized carbons (Fsp3) is 0.467. The summed E-state index contributed by atoms with van der Waals surface area (Å²) in [6.45, 7) is 2.28. The SMILES string of the molecule is CC(=O)O[C@@H]1[C@H]2OC(=O)[C@@H](OC(C)=O)[C@@H]2O[C@@H]1n1cnc2c(=O)[nH]c(=O)[nH]c21. The summed E-state index contributed by atoms with van der Waals surface area (Å²) in [6, 6.07) is 0. The van der Waals surface area contributed by atoms with Crippen molar-refractivity contribution < 1.29 is 33.3 Å². The molecule has 2 aliphatic heterocycles. The van der Waals surface area contributed by atoms with Crippen molar-refractivity contribution >= 4 is 29.1 Å². The molecule has 0 amide bonds. The Morgan fingerprint density at radius 1 is 1.11 bits per heavy atom. The number of H-pyrrole nitrogens is 2. The maximum absolute atomic E-state index is 12.0. The summed E-state index contributed by atoms with van der Waals surface area (Å²) in [7, 11) is 0. The smallest absolute Gasteiger partial charge is 0.350 e. The van der Waals surface area contributed by atoms with E-state index in [0.29, 0.717) is 0 Å². The molecule has 2 aliphatic rings. The summed E-state index contributed by atoms with van der Waals surface area (Å²) >= 11 is 0. The highest BCUT2D eigenvalue weighted by Gasteiger charge is 2.61. The lowest BCUT2D eigenvalue weighted by Crippen LogP contribution is -2.36. The molecule has 2 N–H and O–H groups in total. The van der Waals surface area contributed by atoms with E-state index in [0.717, 1.165) is 13.8 Å². The Labute approximate surface area is 154 Å². The Bertz CT molecular complexity index is 1100. The third-order valence-electron chi connectivity index (χ3n) is 4.35. The van der Waals surface area contributed by atoms with Gasteiger partial charge in [0.15, 0.2) is 24.0 Å². The minimum Gasteiger partial charge on any atom is -0.454 e. The van der Waals surface area contributed by atoms with Gasteiger partial charge in [0.05, 0.1) is 6.33 Å². The van der Waals surface area contributed by atoms with Crippen LogP contribution in [0.2, 0.25) is 0 Å². The number of rotatable bonds is 3. The molecule has 28 heavy (non-hydrogen) atoms. The number of hydrogen-bond acceptors (Lipinski definition) is 10. The molecule has 0 aliphatic carbocycles. The third-order valence-corrected chi connectivity index (χ3v) is 4.35. The van der Waals surface area contributed by atoms with Crippen LogP contribution >= 0.6 is 0 Å². The summed E-state index contributed by atoms with van der Waals surface area (Å²) < 4.78 is 22.5. The molecule has 148 valence electrons. The molecule has 2 fully saturated rings. The number of nitrogens with one attached hydrogen (secondary N) is 2. The van der Waals surface area contributed by atoms with Gasteiger partial charge in [-0.2, -0.15) is 0 Å². The van der Waals surface area contributed by atoms with Crippen molar-refractivity contribution in [3.8, 4) is 0 Å². The number of ether oxygens (including phenoxy) is 4. The predicted octanol–water partition coefficient (Wildman–Crippen LogP) is -1.90. The van der Waals surface area contributed by atoms with E-state index in [9.17, 15) is 24.0 Å². The molecule has 0 spiro atoms. The Balaban J connectivity index is 1.78. The average molecular weight is 394 g/mol. The first-order valence-corrected chi connectivity index (χ1v) is 8.16. The lowest BCUT2D eigenvalue weighted by Gasteiger charge is -2.22. The number of hydrogen-bond donors (Lipinski definition) is 2. The van der Waals surface area contributed by atoms with Gasteiger partial charge < -0.3 is 18.9 Å². The van der Waals surface area contributed by atoms with E-state index in [4.69, 9.17) is 18.9 Å². The zero-order valence-electron chi connectivity index (χ0n) is 14.5. The lowest BCUT2D eigenvalue weighted by atomic mass is 10.1. The summed E-state index contributed by atoms with van der Waals surface area (Å²) in [4.78, 5) is 66.8. The lowest BCUT2D eigenvalue weighted by molar-refractivity contribution is -0.174. The van der Waals surface area contributed by atoms with Crippen molar-refractivity contribution in [2.75, 3.05) is 0 Å². The second-order valence-corrected chi connectivity index (χ2v) is 6.25. The first kappa shape index (κ1) is 17.9. The average Bonchev–Trinajstić information content (AvgIpc) is 3.22. The van der Waals surface area contributed by atoms with Crippen molar-refractivity contribution in [1.29, 1.82) is 0 Å². The number of imidazole rings is 1. The second kappa shape index (κ2) is 6.30. The number of carbonyl (C=O) groups excluding carboxylic acids is 3. The highest BCUT2D eigenvalue weighted by Crippen LogP contribution is 2.40. The van der Waals surface area contributed by atoms with E-state index < -0.39 is 59.8 Å². The van der Waals surface area contributed by atoms with Gasteiger partial charge in [-0.3, -0.25) is 28.9 Å². The number of fused-ring (bicyclic) bond motifs is 2. The second-order valence-electron chi connectivity index (χ2n) is 6.25. The van der Waals surface area contributed by atoms with Crippen molar-refractivity contribution in [3.63, 3.8) is 0 Å². The summed E-state index contributed by atoms with van der Waals surface area (Å²) in [5, 5.41) is 0. The number of aromatic nitrogens is 4. The van der Waals surface area contributed by atoms with Crippen LogP contribution in [0.15, 0.2) is 15.9 Å². The summed E-state index contributed by atoms with van der Waals surface area (Å²) in [5.41, 5.74) is -1.55. The van der Waals surface area contributed by atoms with Gasteiger partial charge in [-0.05, 0) is 0 Å². The van der Waals surface area contributed by atoms with Crippen LogP contribution in [-0.4, -0.2) is 61.8 Å². The number of carbonyl (C=O) groups is 3. The van der Waals surface area contributed by atoms with Gasteiger partial charge in [0.25, 0.3) is 5.56 Å². The van der Waals surface area contributed by atoms with Crippen LogP contribution in [0.25, 0.3) is 11.2 Å². The molecular formula is C15H14N4O9. The van der Waals surface area contributed by atoms with Gasteiger partial charge in [-0.25, -0.2) is 14.6 Å². The van der Waals surface area contributed by atoms with Crippen LogP contribution in [0.4, 0.5) is 0 Å². The Kier molecular flexibility index (Phi) is 4.03. The van der Waals surface area contributed by atoms with Crippen LogP contribution < -0.4 is 11.2 Å². The molecule has 2 aromatic heterocycles. The van der Waals surface area contributed by atoms with E-state index in [1.807, 2.05) is 4.98 Å². The predicted molar refractivity (Wildman–Crippen MR) is 85.9 cm³/mol. The molecule has 0 saturated carbocycles. The van der Waals surface area contributed by atoms with E-state index in [-0.39, 0.29) is 11.2 Å². The molecule has 13 nitrogen and oxygen atoms in total. The number of aromatic amines is 2. The molecule has 5 atom stereocenters. The quantitative estimate of drug-likeness (QED) is 0.442. The fourth-order valence-electron chi connectivity index (χ4n) is 3.36. The zero-order valence-corrected chi connectivity index (χ0v) is 14.5. The monoisotopic (exact) mass is 394 g/mol. The van der Waals surface area contributed by atoms with Crippen molar-refractivity contribution in [2.45, 2.75) is 44.5 Å². The number of nitrogens with zero attached hydrogens (tertiary/aromatic N) is 2. The van der Waals surface area contributed by atoms with E-state index >= 15 is 0 Å². The van der Waals surface area contributed by atoms with Crippen LogP contribution in [0, 0.1) is 0 Å². The van der Waals surface area contributed by atoms with Gasteiger partial charge in [0, 0.05) is 13.8 Å². The van der Waals surface area contributed by atoms with Crippen molar-refractivity contribution in [2.24, 2.45) is 0 Å². The molecule has 0 aromatic carbocycles. The molecule has 13 heteroatoms. The zero-order chi connectivity index (χ0) is 20.2. The largest absolute Gasteiger partial charge is 0.454 e. The van der Waals surface area contributed by atoms with Gasteiger partial charge in [-0.1, -0.05) is 0 Å². The van der Waals surface area contributed by atoms with Gasteiger partial charge in [0.2, 0.25) is 6.10 Å². The first-order valence-electron chi connectivity index (χ1n) is 8.16. The Morgan fingerprint density at radius 3 is 2.50 bits per heavy atom. The van der Waals surface area contributed by atoms with Gasteiger partial charge in [-0.15, -0.1) is 0 Å². The highest BCUT2D eigenvalue weighted by atomic mass is 16.7. The van der Waals surface area contributed by atoms with Gasteiger partial charge >= 0.3 is 23.6 Å². The molecule has 4 rings (SSSR count). The van der Waals surface area contributed by atoms with E-state index in [1.165, 1.54) is 10.9 Å². The molecule has 2 aromatic rings. The Hall–Kier alpha value is -3.48. The highest BCUT2D eigenvalue weighted by molar-refractivity contribution is 5.82. The summed E-state index contributed by atoms with van der Waals surface area (Å²) in [5.74, 6) is -2.23. The third kappa shape index (κ3) is 2.76. The van der Waals surface area contributed by atoms with Crippen molar-refractivity contribution in [1.82, 2.24) is 19.5 Å². The minimum absolute atomic E-state index is 0.0197. The van der Waals surface area contributed by atoms with Crippen LogP contribution in [0.3, 0.4) is 0 Å². The number of esters is 3.